The van der Waals surface area contributed by atoms with E-state index >= 15 is 0 Å². The highest BCUT2D eigenvalue weighted by Crippen LogP contribution is 2.26. The van der Waals surface area contributed by atoms with Gasteiger partial charge in [-0.2, -0.15) is 0 Å². The van der Waals surface area contributed by atoms with Crippen molar-refractivity contribution in [2.24, 2.45) is 5.73 Å². The van der Waals surface area contributed by atoms with E-state index in [9.17, 15) is 4.79 Å². The minimum atomic E-state index is -0.582. The molecule has 0 aromatic rings. The average Bonchev–Trinajstić information content (AvgIpc) is 2.33. The van der Waals surface area contributed by atoms with Crippen LogP contribution in [0.5, 0.6) is 0 Å². The van der Waals surface area contributed by atoms with E-state index in [1.807, 2.05) is 0 Å². The molecular weight excluding hydrogens is 214 g/mol. The number of hydrogen-bond acceptors (Lipinski definition) is 3. The van der Waals surface area contributed by atoms with Crippen molar-refractivity contribution in [3.05, 3.63) is 0 Å². The summed E-state index contributed by atoms with van der Waals surface area (Å²) in [6.45, 7) is 2.14. The van der Waals surface area contributed by atoms with Gasteiger partial charge in [-0.1, -0.05) is 19.3 Å². The predicted octanol–water partition coefficient (Wildman–Crippen LogP) is 0.858. The average molecular weight is 239 g/mol. The second-order valence-electron chi connectivity index (χ2n) is 5.77. The topological polar surface area (TPSA) is 58.4 Å². The minimum Gasteiger partial charge on any atom is -0.352 e. The summed E-state index contributed by atoms with van der Waals surface area (Å²) in [5, 5.41) is 3.16. The Morgan fingerprint density at radius 2 is 1.82 bits per heavy atom. The van der Waals surface area contributed by atoms with Crippen molar-refractivity contribution in [2.75, 3.05) is 20.1 Å². The normalized spacial score (nSPS) is 26.7. The maximum Gasteiger partial charge on any atom is 0.240 e. The molecule has 3 N–H and O–H groups in total. The fourth-order valence-corrected chi connectivity index (χ4v) is 2.89. The Bertz CT molecular complexity index is 266. The number of nitrogens with zero attached hydrogens (tertiary/aromatic N) is 1. The van der Waals surface area contributed by atoms with Crippen LogP contribution in [0.15, 0.2) is 0 Å². The Morgan fingerprint density at radius 3 is 2.41 bits per heavy atom. The van der Waals surface area contributed by atoms with Gasteiger partial charge in [0, 0.05) is 6.04 Å². The van der Waals surface area contributed by atoms with Gasteiger partial charge in [-0.15, -0.1) is 0 Å². The fraction of sp³-hybridized carbons (Fsp3) is 0.923. The molecule has 1 saturated heterocycles. The van der Waals surface area contributed by atoms with Gasteiger partial charge >= 0.3 is 0 Å². The van der Waals surface area contributed by atoms with E-state index < -0.39 is 5.54 Å². The SMILES string of the molecule is CN1CCC(NC(=O)C2(N)CCCCC2)CC1. The fourth-order valence-electron chi connectivity index (χ4n) is 2.89. The van der Waals surface area contributed by atoms with Gasteiger partial charge < -0.3 is 16.0 Å². The Balaban J connectivity index is 1.83. The van der Waals surface area contributed by atoms with Crippen molar-refractivity contribution in [2.45, 2.75) is 56.5 Å². The molecule has 0 bridgehead atoms. The third-order valence-electron chi connectivity index (χ3n) is 4.25. The summed E-state index contributed by atoms with van der Waals surface area (Å²) in [5.74, 6) is 0.0896. The molecule has 0 unspecified atom stereocenters. The molecule has 2 aliphatic rings. The second kappa shape index (κ2) is 5.36. The Kier molecular flexibility index (Phi) is 4.05. The molecule has 2 fully saturated rings. The van der Waals surface area contributed by atoms with Crippen LogP contribution in [-0.4, -0.2) is 42.5 Å². The van der Waals surface area contributed by atoms with Crippen LogP contribution >= 0.6 is 0 Å². The van der Waals surface area contributed by atoms with Crippen molar-refractivity contribution in [1.29, 1.82) is 0 Å². The van der Waals surface area contributed by atoms with Crippen molar-refractivity contribution in [3.63, 3.8) is 0 Å². The highest BCUT2D eigenvalue weighted by molar-refractivity contribution is 5.86. The van der Waals surface area contributed by atoms with E-state index in [4.69, 9.17) is 5.73 Å². The molecular formula is C13H25N3O. The monoisotopic (exact) mass is 239 g/mol. The first-order chi connectivity index (χ1) is 8.10. The summed E-state index contributed by atoms with van der Waals surface area (Å²) < 4.78 is 0. The molecule has 17 heavy (non-hydrogen) atoms. The summed E-state index contributed by atoms with van der Waals surface area (Å²) in [6.07, 6.45) is 7.22. The zero-order chi connectivity index (χ0) is 12.3. The molecule has 2 rings (SSSR count). The van der Waals surface area contributed by atoms with Gasteiger partial charge in [0.15, 0.2) is 0 Å². The number of rotatable bonds is 2. The maximum absolute atomic E-state index is 12.2. The van der Waals surface area contributed by atoms with Gasteiger partial charge in [0.25, 0.3) is 0 Å². The largest absolute Gasteiger partial charge is 0.352 e. The lowest BCUT2D eigenvalue weighted by Crippen LogP contribution is -2.58. The van der Waals surface area contributed by atoms with Gasteiger partial charge in [0.2, 0.25) is 5.91 Å². The zero-order valence-electron chi connectivity index (χ0n) is 10.9. The Labute approximate surface area is 104 Å². The molecule has 0 atom stereocenters. The van der Waals surface area contributed by atoms with Crippen LogP contribution in [0, 0.1) is 0 Å². The molecule has 1 heterocycles. The molecule has 1 saturated carbocycles. The first kappa shape index (κ1) is 12.8. The number of nitrogens with one attached hydrogen (secondary N) is 1. The van der Waals surface area contributed by atoms with Crippen molar-refractivity contribution >= 4 is 5.91 Å². The molecule has 1 aliphatic heterocycles. The first-order valence-corrected chi connectivity index (χ1v) is 6.88. The van der Waals surface area contributed by atoms with Crippen LogP contribution in [0.3, 0.4) is 0 Å². The second-order valence-corrected chi connectivity index (χ2v) is 5.77. The lowest BCUT2D eigenvalue weighted by atomic mass is 9.81. The molecule has 0 radical (unpaired) electrons. The van der Waals surface area contributed by atoms with Crippen LogP contribution < -0.4 is 11.1 Å². The van der Waals surface area contributed by atoms with Crippen molar-refractivity contribution < 1.29 is 4.79 Å². The Morgan fingerprint density at radius 1 is 1.24 bits per heavy atom. The molecule has 1 amide bonds. The minimum absolute atomic E-state index is 0.0896. The molecule has 0 aromatic carbocycles. The first-order valence-electron chi connectivity index (χ1n) is 6.88. The van der Waals surface area contributed by atoms with E-state index in [0.29, 0.717) is 6.04 Å². The van der Waals surface area contributed by atoms with Crippen molar-refractivity contribution in [3.8, 4) is 0 Å². The van der Waals surface area contributed by atoms with Gasteiger partial charge in [-0.05, 0) is 45.8 Å². The van der Waals surface area contributed by atoms with Gasteiger partial charge in [0.05, 0.1) is 5.54 Å². The van der Waals surface area contributed by atoms with Crippen molar-refractivity contribution in [1.82, 2.24) is 10.2 Å². The van der Waals surface area contributed by atoms with E-state index in [-0.39, 0.29) is 5.91 Å². The number of piperidine rings is 1. The standard InChI is InChI=1S/C13H25N3O/c1-16-9-5-11(6-10-16)15-12(17)13(14)7-3-2-4-8-13/h11H,2-10,14H2,1H3,(H,15,17). The summed E-state index contributed by atoms with van der Waals surface area (Å²) in [5.41, 5.74) is 5.64. The summed E-state index contributed by atoms with van der Waals surface area (Å²) in [6, 6.07) is 0.334. The quantitative estimate of drug-likeness (QED) is 0.751. The molecule has 4 heteroatoms. The molecule has 98 valence electrons. The maximum atomic E-state index is 12.2. The lowest BCUT2D eigenvalue weighted by Gasteiger charge is -2.35. The predicted molar refractivity (Wildman–Crippen MR) is 68.7 cm³/mol. The summed E-state index contributed by atoms with van der Waals surface area (Å²) in [4.78, 5) is 14.5. The number of nitrogens with two attached hydrogens (primary N) is 1. The van der Waals surface area contributed by atoms with Gasteiger partial charge in [-0.25, -0.2) is 0 Å². The van der Waals surface area contributed by atoms with Gasteiger partial charge in [-0.3, -0.25) is 4.79 Å². The van der Waals surface area contributed by atoms with E-state index in [1.54, 1.807) is 0 Å². The van der Waals surface area contributed by atoms with Crippen LogP contribution in [0.1, 0.15) is 44.9 Å². The molecule has 0 spiro atoms. The molecule has 4 nitrogen and oxygen atoms in total. The Hall–Kier alpha value is -0.610. The number of likely N-dealkylation sites (tertiary alicyclic amines) is 1. The van der Waals surface area contributed by atoms with Crippen LogP contribution in [0.4, 0.5) is 0 Å². The van der Waals surface area contributed by atoms with Crippen LogP contribution in [-0.2, 0) is 4.79 Å². The van der Waals surface area contributed by atoms with Crippen LogP contribution in [0.2, 0.25) is 0 Å². The number of hydrogen-bond donors (Lipinski definition) is 2. The van der Waals surface area contributed by atoms with Crippen LogP contribution in [0.25, 0.3) is 0 Å². The molecule has 1 aliphatic carbocycles. The highest BCUT2D eigenvalue weighted by Gasteiger charge is 2.36. The van der Waals surface area contributed by atoms with E-state index in [1.165, 1.54) is 6.42 Å². The number of carbonyl (C=O) groups excluding carboxylic acids is 1. The third kappa shape index (κ3) is 3.19. The summed E-state index contributed by atoms with van der Waals surface area (Å²) in [7, 11) is 2.13. The van der Waals surface area contributed by atoms with Gasteiger partial charge in [0.1, 0.15) is 0 Å². The third-order valence-corrected chi connectivity index (χ3v) is 4.25. The smallest absolute Gasteiger partial charge is 0.240 e. The number of carbonyl (C=O) groups is 1. The zero-order valence-corrected chi connectivity index (χ0v) is 10.9. The summed E-state index contributed by atoms with van der Waals surface area (Å²) >= 11 is 0. The lowest BCUT2D eigenvalue weighted by molar-refractivity contribution is -0.128. The van der Waals surface area contributed by atoms with E-state index in [2.05, 4.69) is 17.3 Å². The number of amides is 1. The highest BCUT2D eigenvalue weighted by atomic mass is 16.2. The molecule has 0 aromatic heterocycles. The van der Waals surface area contributed by atoms with E-state index in [0.717, 1.165) is 51.6 Å².